The molecular formula is C28H27ClFN5O2. The molecule has 9 heteroatoms. The first-order valence-electron chi connectivity index (χ1n) is 12.2. The molecule has 0 atom stereocenters. The van der Waals surface area contributed by atoms with E-state index in [1.807, 2.05) is 6.07 Å². The van der Waals surface area contributed by atoms with Gasteiger partial charge in [0.15, 0.2) is 0 Å². The molecule has 0 radical (unpaired) electrons. The lowest BCUT2D eigenvalue weighted by atomic mass is 9.98. The number of amides is 1. The standard InChI is InChI=1S/C28H27ClFN5O2/c1-17-14-21(37-2)24(29)23(25(17)30)19-7-8-20(27-26(19)31-10-11-32-27)28(36)34-22-9-6-18(15-33-22)16-35-12-4-3-5-13-35/h6-11,14-15H,3-5,12-13,16H2,1-2H3,(H,33,34,36). The number of likely N-dealkylation sites (tertiary alicyclic amines) is 1. The van der Waals surface area contributed by atoms with Crippen molar-refractivity contribution in [1.82, 2.24) is 19.9 Å². The van der Waals surface area contributed by atoms with Crippen LogP contribution in [-0.4, -0.2) is 46.0 Å². The minimum atomic E-state index is -0.483. The van der Waals surface area contributed by atoms with Crippen LogP contribution in [0, 0.1) is 12.7 Å². The maximum Gasteiger partial charge on any atom is 0.259 e. The number of hydrogen-bond donors (Lipinski definition) is 1. The number of methoxy groups -OCH3 is 1. The van der Waals surface area contributed by atoms with Crippen molar-refractivity contribution in [3.05, 3.63) is 76.5 Å². The van der Waals surface area contributed by atoms with E-state index in [4.69, 9.17) is 16.3 Å². The Balaban J connectivity index is 1.44. The van der Waals surface area contributed by atoms with Gasteiger partial charge in [0, 0.05) is 36.3 Å². The minimum absolute atomic E-state index is 0.128. The van der Waals surface area contributed by atoms with Crippen LogP contribution in [0.15, 0.2) is 48.9 Å². The van der Waals surface area contributed by atoms with Gasteiger partial charge in [-0.25, -0.2) is 9.37 Å². The molecule has 0 unspecified atom stereocenters. The van der Waals surface area contributed by atoms with E-state index in [2.05, 4.69) is 25.2 Å². The summed E-state index contributed by atoms with van der Waals surface area (Å²) in [6.45, 7) is 4.70. The Hall–Kier alpha value is -3.62. The van der Waals surface area contributed by atoms with Crippen molar-refractivity contribution in [3.8, 4) is 16.9 Å². The number of piperidine rings is 1. The smallest absolute Gasteiger partial charge is 0.259 e. The van der Waals surface area contributed by atoms with Crippen LogP contribution in [-0.2, 0) is 6.54 Å². The summed E-state index contributed by atoms with van der Waals surface area (Å²) in [5.74, 6) is -0.0826. The lowest BCUT2D eigenvalue weighted by molar-refractivity contribution is 0.102. The summed E-state index contributed by atoms with van der Waals surface area (Å²) in [6.07, 6.45) is 8.53. The SMILES string of the molecule is COc1cc(C)c(F)c(-c2ccc(C(=O)Nc3ccc(CN4CCCCC4)cn3)c3nccnc23)c1Cl. The summed E-state index contributed by atoms with van der Waals surface area (Å²) >= 11 is 6.50. The Labute approximate surface area is 219 Å². The van der Waals surface area contributed by atoms with Gasteiger partial charge in [0.05, 0.1) is 23.2 Å². The Morgan fingerprint density at radius 3 is 2.54 bits per heavy atom. The van der Waals surface area contributed by atoms with Gasteiger partial charge in [0.1, 0.15) is 22.9 Å². The quantitative estimate of drug-likeness (QED) is 0.334. The van der Waals surface area contributed by atoms with Gasteiger partial charge in [-0.1, -0.05) is 30.2 Å². The highest BCUT2D eigenvalue weighted by Crippen LogP contribution is 2.41. The fourth-order valence-electron chi connectivity index (χ4n) is 4.72. The Bertz CT molecular complexity index is 1460. The molecule has 7 nitrogen and oxygen atoms in total. The van der Waals surface area contributed by atoms with Crippen LogP contribution in [0.5, 0.6) is 5.75 Å². The molecular weight excluding hydrogens is 493 g/mol. The third-order valence-electron chi connectivity index (χ3n) is 6.63. The molecule has 5 rings (SSSR count). The number of pyridine rings is 1. The summed E-state index contributed by atoms with van der Waals surface area (Å²) in [6, 6.07) is 8.55. The predicted molar refractivity (Wildman–Crippen MR) is 143 cm³/mol. The molecule has 2 aromatic heterocycles. The molecule has 0 aliphatic carbocycles. The minimum Gasteiger partial charge on any atom is -0.495 e. The van der Waals surface area contributed by atoms with E-state index in [0.717, 1.165) is 25.2 Å². The molecule has 1 aliphatic heterocycles. The number of hydrogen-bond acceptors (Lipinski definition) is 6. The number of rotatable bonds is 6. The molecule has 0 spiro atoms. The van der Waals surface area contributed by atoms with Crippen LogP contribution in [0.2, 0.25) is 5.02 Å². The molecule has 1 aliphatic rings. The van der Waals surface area contributed by atoms with Crippen molar-refractivity contribution >= 4 is 34.4 Å². The second-order valence-corrected chi connectivity index (χ2v) is 9.53. The van der Waals surface area contributed by atoms with Gasteiger partial charge in [0.2, 0.25) is 0 Å². The molecule has 0 bridgehead atoms. The number of halogens is 2. The van der Waals surface area contributed by atoms with E-state index < -0.39 is 5.82 Å². The van der Waals surface area contributed by atoms with E-state index in [0.29, 0.717) is 39.3 Å². The average molecular weight is 520 g/mol. The van der Waals surface area contributed by atoms with Crippen molar-refractivity contribution in [2.75, 3.05) is 25.5 Å². The summed E-state index contributed by atoms with van der Waals surface area (Å²) in [4.78, 5) is 28.9. The zero-order valence-electron chi connectivity index (χ0n) is 20.7. The van der Waals surface area contributed by atoms with Crippen LogP contribution in [0.1, 0.15) is 40.7 Å². The zero-order valence-corrected chi connectivity index (χ0v) is 21.5. The highest BCUT2D eigenvalue weighted by Gasteiger charge is 2.23. The Morgan fingerprint density at radius 1 is 1.08 bits per heavy atom. The second kappa shape index (κ2) is 10.8. The average Bonchev–Trinajstić information content (AvgIpc) is 2.92. The van der Waals surface area contributed by atoms with E-state index in [9.17, 15) is 4.79 Å². The maximum absolute atomic E-state index is 15.2. The number of carbonyl (C=O) groups excluding carboxylic acids is 1. The number of fused-ring (bicyclic) bond motifs is 1. The number of anilines is 1. The molecule has 2 aromatic carbocycles. The third-order valence-corrected chi connectivity index (χ3v) is 7.00. The molecule has 1 N–H and O–H groups in total. The van der Waals surface area contributed by atoms with Crippen molar-refractivity contribution in [2.24, 2.45) is 0 Å². The van der Waals surface area contributed by atoms with Gasteiger partial charge in [-0.15, -0.1) is 0 Å². The molecule has 190 valence electrons. The van der Waals surface area contributed by atoms with Gasteiger partial charge in [0.25, 0.3) is 5.91 Å². The molecule has 1 fully saturated rings. The zero-order chi connectivity index (χ0) is 25.9. The highest BCUT2D eigenvalue weighted by atomic mass is 35.5. The first-order valence-corrected chi connectivity index (χ1v) is 12.6. The number of nitrogens with one attached hydrogen (secondary N) is 1. The van der Waals surface area contributed by atoms with Crippen molar-refractivity contribution < 1.29 is 13.9 Å². The predicted octanol–water partition coefficient (Wildman–Crippen LogP) is 6.04. The van der Waals surface area contributed by atoms with Gasteiger partial charge in [-0.05, 0) is 62.2 Å². The molecule has 37 heavy (non-hydrogen) atoms. The van der Waals surface area contributed by atoms with Crippen molar-refractivity contribution in [1.29, 1.82) is 0 Å². The second-order valence-electron chi connectivity index (χ2n) is 9.16. The fourth-order valence-corrected chi connectivity index (χ4v) is 5.03. The van der Waals surface area contributed by atoms with Crippen LogP contribution in [0.3, 0.4) is 0 Å². The van der Waals surface area contributed by atoms with E-state index in [1.54, 1.807) is 37.4 Å². The normalized spacial score (nSPS) is 14.1. The molecule has 1 amide bonds. The van der Waals surface area contributed by atoms with Gasteiger partial charge in [-0.3, -0.25) is 19.7 Å². The Morgan fingerprint density at radius 2 is 1.84 bits per heavy atom. The van der Waals surface area contributed by atoms with Crippen molar-refractivity contribution in [3.63, 3.8) is 0 Å². The molecule has 0 saturated carbocycles. The monoisotopic (exact) mass is 519 g/mol. The van der Waals surface area contributed by atoms with E-state index in [-0.39, 0.29) is 16.5 Å². The number of benzene rings is 2. The largest absolute Gasteiger partial charge is 0.495 e. The fraction of sp³-hybridized carbons (Fsp3) is 0.286. The highest BCUT2D eigenvalue weighted by molar-refractivity contribution is 6.35. The summed E-state index contributed by atoms with van der Waals surface area (Å²) < 4.78 is 20.6. The Kier molecular flexibility index (Phi) is 7.30. The number of ether oxygens (including phenoxy) is 1. The van der Waals surface area contributed by atoms with Crippen LogP contribution >= 0.6 is 11.6 Å². The van der Waals surface area contributed by atoms with Crippen LogP contribution in [0.4, 0.5) is 10.2 Å². The van der Waals surface area contributed by atoms with Crippen LogP contribution < -0.4 is 10.1 Å². The van der Waals surface area contributed by atoms with Gasteiger partial charge >= 0.3 is 0 Å². The number of aromatic nitrogens is 3. The molecule has 4 aromatic rings. The topological polar surface area (TPSA) is 80.2 Å². The summed E-state index contributed by atoms with van der Waals surface area (Å²) in [5, 5.41) is 2.97. The number of aryl methyl sites for hydroxylation is 1. The lowest BCUT2D eigenvalue weighted by Gasteiger charge is -2.26. The van der Waals surface area contributed by atoms with Crippen molar-refractivity contribution in [2.45, 2.75) is 32.7 Å². The van der Waals surface area contributed by atoms with Gasteiger partial charge in [-0.2, -0.15) is 0 Å². The number of carbonyl (C=O) groups is 1. The van der Waals surface area contributed by atoms with E-state index in [1.165, 1.54) is 38.8 Å². The summed E-state index contributed by atoms with van der Waals surface area (Å²) in [5.41, 5.74) is 3.04. The molecule has 3 heterocycles. The molecule has 1 saturated heterocycles. The van der Waals surface area contributed by atoms with Crippen LogP contribution in [0.25, 0.3) is 22.2 Å². The maximum atomic E-state index is 15.2. The third kappa shape index (κ3) is 5.12. The van der Waals surface area contributed by atoms with E-state index >= 15 is 4.39 Å². The lowest BCUT2D eigenvalue weighted by Crippen LogP contribution is -2.29. The first-order chi connectivity index (χ1) is 18.0. The summed E-state index contributed by atoms with van der Waals surface area (Å²) in [7, 11) is 1.47. The van der Waals surface area contributed by atoms with Gasteiger partial charge < -0.3 is 10.1 Å². The number of nitrogens with zero attached hydrogens (tertiary/aromatic N) is 4. The first kappa shape index (κ1) is 25.0.